The van der Waals surface area contributed by atoms with Crippen LogP contribution in [0, 0.1) is 0 Å². The first kappa shape index (κ1) is 14.8. The van der Waals surface area contributed by atoms with Crippen molar-refractivity contribution < 1.29 is 4.79 Å². The third-order valence-electron chi connectivity index (χ3n) is 3.07. The molecule has 1 aromatic rings. The number of amides is 1. The maximum Gasteiger partial charge on any atom is 0.239 e. The van der Waals surface area contributed by atoms with Gasteiger partial charge in [0.05, 0.1) is 6.54 Å². The lowest BCUT2D eigenvalue weighted by atomic mass is 10.4. The number of hydrogen-bond acceptors (Lipinski definition) is 6. The van der Waals surface area contributed by atoms with Gasteiger partial charge in [0, 0.05) is 26.7 Å². The van der Waals surface area contributed by atoms with Crippen LogP contribution in [0.4, 0.5) is 11.9 Å². The second kappa shape index (κ2) is 6.69. The van der Waals surface area contributed by atoms with Gasteiger partial charge in [0.25, 0.3) is 0 Å². The summed E-state index contributed by atoms with van der Waals surface area (Å²) in [6, 6.07) is 0. The zero-order valence-electron chi connectivity index (χ0n) is 11.8. The van der Waals surface area contributed by atoms with Crippen LogP contribution in [0.1, 0.15) is 19.8 Å². The molecule has 0 bridgehead atoms. The van der Waals surface area contributed by atoms with Crippen LogP contribution in [0.15, 0.2) is 0 Å². The van der Waals surface area contributed by atoms with Crippen LogP contribution in [0.3, 0.4) is 0 Å². The van der Waals surface area contributed by atoms with Crippen molar-refractivity contribution in [2.45, 2.75) is 19.8 Å². The molecular weight excluding hydrogens is 280 g/mol. The summed E-state index contributed by atoms with van der Waals surface area (Å²) in [5.41, 5.74) is 0. The third kappa shape index (κ3) is 3.69. The zero-order valence-corrected chi connectivity index (χ0v) is 12.5. The Morgan fingerprint density at radius 1 is 1.35 bits per heavy atom. The molecule has 0 unspecified atom stereocenters. The number of carbonyl (C=O) groups is 1. The van der Waals surface area contributed by atoms with Crippen LogP contribution in [0.25, 0.3) is 0 Å². The van der Waals surface area contributed by atoms with E-state index in [0.29, 0.717) is 18.4 Å². The van der Waals surface area contributed by atoms with Crippen molar-refractivity contribution in [2.24, 2.45) is 0 Å². The Balaban J connectivity index is 2.12. The topological polar surface area (TPSA) is 74.2 Å². The molecule has 7 nitrogen and oxygen atoms in total. The molecule has 110 valence electrons. The third-order valence-corrected chi connectivity index (χ3v) is 3.24. The molecule has 1 aliphatic heterocycles. The number of anilines is 2. The van der Waals surface area contributed by atoms with Crippen molar-refractivity contribution >= 4 is 29.4 Å². The molecule has 0 aliphatic carbocycles. The van der Waals surface area contributed by atoms with E-state index in [9.17, 15) is 4.79 Å². The molecule has 8 heteroatoms. The Morgan fingerprint density at radius 2 is 2.05 bits per heavy atom. The van der Waals surface area contributed by atoms with Gasteiger partial charge >= 0.3 is 0 Å². The standard InChI is InChI=1S/C12H19ClN6O/c1-3-14-9(20)8-18(2)11-15-10(13)16-12(17-11)19-6-4-5-7-19/h3-8H2,1-2H3,(H,14,20). The predicted molar refractivity (Wildman–Crippen MR) is 78.2 cm³/mol. The number of hydrogen-bond donors (Lipinski definition) is 1. The molecule has 0 radical (unpaired) electrons. The second-order valence-corrected chi connectivity index (χ2v) is 5.05. The highest BCUT2D eigenvalue weighted by Gasteiger charge is 2.18. The molecule has 2 rings (SSSR count). The fourth-order valence-electron chi connectivity index (χ4n) is 2.10. The molecule has 0 spiro atoms. The first-order valence-electron chi connectivity index (χ1n) is 6.74. The quantitative estimate of drug-likeness (QED) is 0.862. The van der Waals surface area contributed by atoms with Crippen molar-refractivity contribution in [2.75, 3.05) is 43.0 Å². The molecule has 0 aromatic carbocycles. The summed E-state index contributed by atoms with van der Waals surface area (Å²) >= 11 is 5.95. The highest BCUT2D eigenvalue weighted by molar-refractivity contribution is 6.28. The van der Waals surface area contributed by atoms with Gasteiger partial charge in [-0.1, -0.05) is 0 Å². The van der Waals surface area contributed by atoms with Crippen molar-refractivity contribution in [3.05, 3.63) is 5.28 Å². The molecule has 1 fully saturated rings. The van der Waals surface area contributed by atoms with E-state index in [1.807, 2.05) is 6.92 Å². The van der Waals surface area contributed by atoms with Crippen molar-refractivity contribution in [3.63, 3.8) is 0 Å². The maximum absolute atomic E-state index is 11.6. The van der Waals surface area contributed by atoms with Crippen molar-refractivity contribution in [1.82, 2.24) is 20.3 Å². The molecule has 20 heavy (non-hydrogen) atoms. The van der Waals surface area contributed by atoms with Crippen LogP contribution in [-0.4, -0.2) is 54.1 Å². The number of nitrogens with zero attached hydrogens (tertiary/aromatic N) is 5. The summed E-state index contributed by atoms with van der Waals surface area (Å²) in [6.45, 7) is 4.53. The van der Waals surface area contributed by atoms with E-state index in [2.05, 4.69) is 25.2 Å². The van der Waals surface area contributed by atoms with Gasteiger partial charge in [0.15, 0.2) is 0 Å². The summed E-state index contributed by atoms with van der Waals surface area (Å²) in [7, 11) is 1.76. The van der Waals surface area contributed by atoms with E-state index in [1.54, 1.807) is 11.9 Å². The lowest BCUT2D eigenvalue weighted by Gasteiger charge is -2.20. The number of likely N-dealkylation sites (N-methyl/N-ethyl adjacent to an activating group) is 2. The van der Waals surface area contributed by atoms with E-state index in [0.717, 1.165) is 25.9 Å². The van der Waals surface area contributed by atoms with Gasteiger partial charge < -0.3 is 15.1 Å². The molecule has 2 heterocycles. The molecular formula is C12H19ClN6O. The van der Waals surface area contributed by atoms with Gasteiger partial charge in [-0.3, -0.25) is 4.79 Å². The molecule has 0 saturated carbocycles. The van der Waals surface area contributed by atoms with Gasteiger partial charge in [-0.25, -0.2) is 0 Å². The van der Waals surface area contributed by atoms with Crippen LogP contribution in [0.5, 0.6) is 0 Å². The zero-order chi connectivity index (χ0) is 14.5. The molecule has 1 aliphatic rings. The van der Waals surface area contributed by atoms with E-state index in [1.165, 1.54) is 0 Å². The molecule has 1 saturated heterocycles. The summed E-state index contributed by atoms with van der Waals surface area (Å²) in [5, 5.41) is 2.89. The van der Waals surface area contributed by atoms with Gasteiger partial charge in [0.1, 0.15) is 0 Å². The van der Waals surface area contributed by atoms with Crippen LogP contribution in [-0.2, 0) is 4.79 Å². The Morgan fingerprint density at radius 3 is 2.70 bits per heavy atom. The van der Waals surface area contributed by atoms with E-state index >= 15 is 0 Å². The number of halogens is 1. The van der Waals surface area contributed by atoms with Gasteiger partial charge in [-0.2, -0.15) is 15.0 Å². The minimum atomic E-state index is -0.0748. The fourth-order valence-corrected chi connectivity index (χ4v) is 2.25. The number of aromatic nitrogens is 3. The maximum atomic E-state index is 11.6. The van der Waals surface area contributed by atoms with Crippen LogP contribution in [0.2, 0.25) is 5.28 Å². The SMILES string of the molecule is CCNC(=O)CN(C)c1nc(Cl)nc(N2CCCC2)n1. The summed E-state index contributed by atoms with van der Waals surface area (Å²) in [4.78, 5) is 28.0. The summed E-state index contributed by atoms with van der Waals surface area (Å²) < 4.78 is 0. The summed E-state index contributed by atoms with van der Waals surface area (Å²) in [6.07, 6.45) is 2.26. The Hall–Kier alpha value is -1.63. The average Bonchev–Trinajstić information content (AvgIpc) is 2.92. The first-order valence-corrected chi connectivity index (χ1v) is 7.12. The summed E-state index contributed by atoms with van der Waals surface area (Å²) in [5.74, 6) is 0.924. The van der Waals surface area contributed by atoms with Gasteiger partial charge in [0.2, 0.25) is 23.1 Å². The minimum absolute atomic E-state index is 0.0748. The van der Waals surface area contributed by atoms with Crippen molar-refractivity contribution in [1.29, 1.82) is 0 Å². The smallest absolute Gasteiger partial charge is 0.239 e. The Bertz CT molecular complexity index is 477. The highest BCUT2D eigenvalue weighted by Crippen LogP contribution is 2.19. The van der Waals surface area contributed by atoms with Gasteiger partial charge in [-0.15, -0.1) is 0 Å². The van der Waals surface area contributed by atoms with E-state index in [-0.39, 0.29) is 17.7 Å². The minimum Gasteiger partial charge on any atom is -0.355 e. The monoisotopic (exact) mass is 298 g/mol. The van der Waals surface area contributed by atoms with Crippen molar-refractivity contribution in [3.8, 4) is 0 Å². The normalized spacial score (nSPS) is 14.4. The Kier molecular flexibility index (Phi) is 4.94. The average molecular weight is 299 g/mol. The van der Waals surface area contributed by atoms with E-state index < -0.39 is 0 Å². The lowest BCUT2D eigenvalue weighted by molar-refractivity contribution is -0.119. The largest absolute Gasteiger partial charge is 0.355 e. The van der Waals surface area contributed by atoms with E-state index in [4.69, 9.17) is 11.6 Å². The number of carbonyl (C=O) groups excluding carboxylic acids is 1. The second-order valence-electron chi connectivity index (χ2n) is 4.71. The molecule has 1 aromatic heterocycles. The lowest BCUT2D eigenvalue weighted by Crippen LogP contribution is -2.36. The highest BCUT2D eigenvalue weighted by atomic mass is 35.5. The number of rotatable bonds is 5. The van der Waals surface area contributed by atoms with Gasteiger partial charge in [-0.05, 0) is 31.4 Å². The first-order chi connectivity index (χ1) is 9.60. The predicted octanol–water partition coefficient (Wildman–Crippen LogP) is 0.697. The molecule has 0 atom stereocenters. The van der Waals surface area contributed by atoms with Crippen LogP contribution >= 0.6 is 11.6 Å². The molecule has 1 amide bonds. The van der Waals surface area contributed by atoms with Crippen LogP contribution < -0.4 is 15.1 Å². The molecule has 1 N–H and O–H groups in total. The fraction of sp³-hybridized carbons (Fsp3) is 0.667. The Labute approximate surface area is 123 Å². The number of nitrogens with one attached hydrogen (secondary N) is 1.